The van der Waals surface area contributed by atoms with Crippen LogP contribution in [0.1, 0.15) is 46.5 Å². The Morgan fingerprint density at radius 1 is 1.44 bits per heavy atom. The number of rotatable bonds is 4. The maximum Gasteiger partial charge on any atom is 0.323 e. The molecule has 0 aromatic carbocycles. The highest BCUT2D eigenvalue weighted by Gasteiger charge is 2.28. The van der Waals surface area contributed by atoms with Gasteiger partial charge in [-0.1, -0.05) is 13.3 Å². The molecule has 1 heterocycles. The van der Waals surface area contributed by atoms with Crippen molar-refractivity contribution in [1.29, 1.82) is 0 Å². The fourth-order valence-corrected chi connectivity index (χ4v) is 2.12. The molecule has 4 heteroatoms. The largest absolute Gasteiger partial charge is 0.461 e. The number of esters is 1. The van der Waals surface area contributed by atoms with E-state index < -0.39 is 6.04 Å². The fourth-order valence-electron chi connectivity index (χ4n) is 2.12. The van der Waals surface area contributed by atoms with Crippen molar-refractivity contribution in [2.75, 3.05) is 0 Å². The van der Waals surface area contributed by atoms with Crippen LogP contribution in [0.15, 0.2) is 0 Å². The average Bonchev–Trinajstić information content (AvgIpc) is 2.16. The minimum atomic E-state index is -0.474. The lowest BCUT2D eigenvalue weighted by Gasteiger charge is -2.32. The molecule has 0 bridgehead atoms. The Kier molecular flexibility index (Phi) is 5.22. The molecular weight excluding hydrogens is 206 g/mol. The number of nitrogens with two attached hydrogens (primary N) is 1. The molecule has 4 nitrogen and oxygen atoms in total. The predicted octanol–water partition coefficient (Wildman–Crippen LogP) is 1.61. The molecule has 0 amide bonds. The molecule has 1 saturated heterocycles. The van der Waals surface area contributed by atoms with Crippen LogP contribution in [-0.4, -0.2) is 30.3 Å². The standard InChI is InChI=1S/C12H23NO3/c1-4-5-11(13)12(14)16-10-6-8(2)15-9(3)7-10/h8-11H,4-7,13H2,1-3H3/t8?,9?,10?,11-/m0/s1. The molecular formula is C12H23NO3. The van der Waals surface area contributed by atoms with Crippen LogP contribution in [0.2, 0.25) is 0 Å². The van der Waals surface area contributed by atoms with E-state index >= 15 is 0 Å². The van der Waals surface area contributed by atoms with E-state index in [0.717, 1.165) is 19.3 Å². The summed E-state index contributed by atoms with van der Waals surface area (Å²) in [5.74, 6) is -0.270. The van der Waals surface area contributed by atoms with Gasteiger partial charge in [-0.2, -0.15) is 0 Å². The molecule has 2 unspecified atom stereocenters. The highest BCUT2D eigenvalue weighted by Crippen LogP contribution is 2.22. The lowest BCUT2D eigenvalue weighted by atomic mass is 10.0. The van der Waals surface area contributed by atoms with E-state index in [1.807, 2.05) is 20.8 Å². The van der Waals surface area contributed by atoms with Crippen LogP contribution in [0.4, 0.5) is 0 Å². The Labute approximate surface area is 97.5 Å². The molecule has 0 aromatic heterocycles. The summed E-state index contributed by atoms with van der Waals surface area (Å²) in [5, 5.41) is 0. The number of carbonyl (C=O) groups excluding carboxylic acids is 1. The minimum absolute atomic E-state index is 0.0332. The van der Waals surface area contributed by atoms with Crippen molar-refractivity contribution in [2.24, 2.45) is 5.73 Å². The van der Waals surface area contributed by atoms with Gasteiger partial charge in [0.15, 0.2) is 0 Å². The highest BCUT2D eigenvalue weighted by molar-refractivity contribution is 5.75. The summed E-state index contributed by atoms with van der Waals surface area (Å²) in [7, 11) is 0. The first-order chi connectivity index (χ1) is 7.52. The summed E-state index contributed by atoms with van der Waals surface area (Å²) in [6.45, 7) is 6.01. The molecule has 16 heavy (non-hydrogen) atoms. The fraction of sp³-hybridized carbons (Fsp3) is 0.917. The highest BCUT2D eigenvalue weighted by atomic mass is 16.6. The zero-order valence-corrected chi connectivity index (χ0v) is 10.4. The molecule has 1 aliphatic rings. The Morgan fingerprint density at radius 2 is 2.00 bits per heavy atom. The van der Waals surface area contributed by atoms with Crippen molar-refractivity contribution in [3.8, 4) is 0 Å². The first-order valence-corrected chi connectivity index (χ1v) is 6.14. The molecule has 1 aliphatic heterocycles. The maximum absolute atomic E-state index is 11.6. The van der Waals surface area contributed by atoms with Gasteiger partial charge in [-0.3, -0.25) is 4.79 Å². The van der Waals surface area contributed by atoms with Crippen molar-refractivity contribution < 1.29 is 14.3 Å². The summed E-state index contributed by atoms with van der Waals surface area (Å²) in [5.41, 5.74) is 5.71. The van der Waals surface area contributed by atoms with Crippen LogP contribution >= 0.6 is 0 Å². The van der Waals surface area contributed by atoms with E-state index in [1.165, 1.54) is 0 Å². The number of carbonyl (C=O) groups is 1. The van der Waals surface area contributed by atoms with Gasteiger partial charge in [0.25, 0.3) is 0 Å². The smallest absolute Gasteiger partial charge is 0.323 e. The molecule has 1 fully saturated rings. The second-order valence-corrected chi connectivity index (χ2v) is 4.68. The van der Waals surface area contributed by atoms with E-state index in [9.17, 15) is 4.79 Å². The van der Waals surface area contributed by atoms with Gasteiger partial charge in [0.05, 0.1) is 12.2 Å². The van der Waals surface area contributed by atoms with E-state index in [1.54, 1.807) is 0 Å². The third kappa shape index (κ3) is 4.10. The molecule has 0 saturated carbocycles. The van der Waals surface area contributed by atoms with Gasteiger partial charge < -0.3 is 15.2 Å². The first-order valence-electron chi connectivity index (χ1n) is 6.14. The minimum Gasteiger partial charge on any atom is -0.461 e. The van der Waals surface area contributed by atoms with Crippen LogP contribution in [0, 0.1) is 0 Å². The molecule has 0 aliphatic carbocycles. The zero-order chi connectivity index (χ0) is 12.1. The quantitative estimate of drug-likeness (QED) is 0.744. The Bertz CT molecular complexity index is 222. The van der Waals surface area contributed by atoms with Gasteiger partial charge in [0, 0.05) is 12.8 Å². The van der Waals surface area contributed by atoms with Gasteiger partial charge in [-0.15, -0.1) is 0 Å². The summed E-state index contributed by atoms with van der Waals surface area (Å²) < 4.78 is 11.0. The summed E-state index contributed by atoms with van der Waals surface area (Å²) in [4.78, 5) is 11.6. The van der Waals surface area contributed by atoms with Gasteiger partial charge in [0.1, 0.15) is 12.1 Å². The summed E-state index contributed by atoms with van der Waals surface area (Å²) >= 11 is 0. The molecule has 0 radical (unpaired) electrons. The third-order valence-electron chi connectivity index (χ3n) is 2.84. The predicted molar refractivity (Wildman–Crippen MR) is 62.0 cm³/mol. The Hall–Kier alpha value is -0.610. The SMILES string of the molecule is CCC[C@H](N)C(=O)OC1CC(C)OC(C)C1. The molecule has 1 rings (SSSR count). The van der Waals surface area contributed by atoms with Gasteiger partial charge in [0.2, 0.25) is 0 Å². The number of hydrogen-bond acceptors (Lipinski definition) is 4. The number of ether oxygens (including phenoxy) is 2. The Morgan fingerprint density at radius 3 is 2.50 bits per heavy atom. The van der Waals surface area contributed by atoms with E-state index in [4.69, 9.17) is 15.2 Å². The van der Waals surface area contributed by atoms with Crippen LogP contribution in [-0.2, 0) is 14.3 Å². The lowest BCUT2D eigenvalue weighted by molar-refractivity contribution is -0.161. The maximum atomic E-state index is 11.6. The molecule has 3 atom stereocenters. The summed E-state index contributed by atoms with van der Waals surface area (Å²) in [6, 6.07) is -0.474. The molecule has 2 N–H and O–H groups in total. The molecule has 0 aromatic rings. The van der Waals surface area contributed by atoms with Crippen LogP contribution < -0.4 is 5.73 Å². The normalized spacial score (nSPS) is 32.1. The molecule has 0 spiro atoms. The van der Waals surface area contributed by atoms with Crippen molar-refractivity contribution in [3.05, 3.63) is 0 Å². The monoisotopic (exact) mass is 229 g/mol. The first kappa shape index (κ1) is 13.5. The lowest BCUT2D eigenvalue weighted by Crippen LogP contribution is -2.40. The Balaban J connectivity index is 2.38. The van der Waals surface area contributed by atoms with Crippen molar-refractivity contribution >= 4 is 5.97 Å². The second-order valence-electron chi connectivity index (χ2n) is 4.68. The van der Waals surface area contributed by atoms with E-state index in [-0.39, 0.29) is 24.3 Å². The van der Waals surface area contributed by atoms with Crippen LogP contribution in [0.5, 0.6) is 0 Å². The van der Waals surface area contributed by atoms with Gasteiger partial charge in [-0.05, 0) is 20.3 Å². The summed E-state index contributed by atoms with van der Waals surface area (Å²) in [6.07, 6.45) is 3.41. The van der Waals surface area contributed by atoms with E-state index in [0.29, 0.717) is 6.42 Å². The zero-order valence-electron chi connectivity index (χ0n) is 10.4. The van der Waals surface area contributed by atoms with Gasteiger partial charge in [-0.25, -0.2) is 0 Å². The van der Waals surface area contributed by atoms with Gasteiger partial charge >= 0.3 is 5.97 Å². The topological polar surface area (TPSA) is 61.6 Å². The molecule has 94 valence electrons. The van der Waals surface area contributed by atoms with Crippen LogP contribution in [0.25, 0.3) is 0 Å². The van der Waals surface area contributed by atoms with Crippen molar-refractivity contribution in [1.82, 2.24) is 0 Å². The van der Waals surface area contributed by atoms with Crippen LogP contribution in [0.3, 0.4) is 0 Å². The van der Waals surface area contributed by atoms with Crippen molar-refractivity contribution in [2.45, 2.75) is 70.8 Å². The second kappa shape index (κ2) is 6.21. The third-order valence-corrected chi connectivity index (χ3v) is 2.84. The number of hydrogen-bond donors (Lipinski definition) is 1. The average molecular weight is 229 g/mol. The van der Waals surface area contributed by atoms with E-state index in [2.05, 4.69) is 0 Å². The van der Waals surface area contributed by atoms with Crippen molar-refractivity contribution in [3.63, 3.8) is 0 Å².